The first-order chi connectivity index (χ1) is 8.08. The number of pyridine rings is 1. The van der Waals surface area contributed by atoms with Gasteiger partial charge >= 0.3 is 6.09 Å². The Morgan fingerprint density at radius 2 is 2.24 bits per heavy atom. The topological polar surface area (TPSA) is 100 Å². The lowest BCUT2D eigenvalue weighted by molar-refractivity contribution is 0.197. The Kier molecular flexibility index (Phi) is 3.01. The molecule has 2 aromatic rings. The van der Waals surface area contributed by atoms with Crippen LogP contribution < -0.4 is 16.6 Å². The standard InChI is InChI=1S/C10H9BrN4O2/c11-5-1-2-6-8(3-5)13-4-7(12)9(6)14-15-10(16)17/h1-4,15H,12H2,(H,13,14)(H,16,17). The molecule has 0 saturated heterocycles. The smallest absolute Gasteiger partial charge is 0.423 e. The minimum Gasteiger partial charge on any atom is -0.464 e. The fourth-order valence-corrected chi connectivity index (χ4v) is 1.79. The fourth-order valence-electron chi connectivity index (χ4n) is 1.44. The molecular weight excluding hydrogens is 288 g/mol. The molecule has 0 saturated carbocycles. The van der Waals surface area contributed by atoms with E-state index < -0.39 is 6.09 Å². The highest BCUT2D eigenvalue weighted by molar-refractivity contribution is 9.10. The summed E-state index contributed by atoms with van der Waals surface area (Å²) in [4.78, 5) is 14.6. The van der Waals surface area contributed by atoms with Gasteiger partial charge in [0.15, 0.2) is 0 Å². The molecule has 0 aliphatic rings. The summed E-state index contributed by atoms with van der Waals surface area (Å²) in [5.41, 5.74) is 11.9. The predicted octanol–water partition coefficient (Wildman–Crippen LogP) is 2.17. The highest BCUT2D eigenvalue weighted by Gasteiger charge is 2.07. The summed E-state index contributed by atoms with van der Waals surface area (Å²) in [5.74, 6) is 0. The first-order valence-electron chi connectivity index (χ1n) is 4.66. The van der Waals surface area contributed by atoms with Crippen molar-refractivity contribution < 1.29 is 9.90 Å². The van der Waals surface area contributed by atoms with Gasteiger partial charge in [0, 0.05) is 9.86 Å². The molecule has 0 spiro atoms. The number of anilines is 2. The van der Waals surface area contributed by atoms with Crippen LogP contribution in [0.5, 0.6) is 0 Å². The van der Waals surface area contributed by atoms with E-state index in [9.17, 15) is 4.79 Å². The quantitative estimate of drug-likeness (QED) is 0.637. The Hall–Kier alpha value is -2.02. The van der Waals surface area contributed by atoms with E-state index in [-0.39, 0.29) is 0 Å². The van der Waals surface area contributed by atoms with Crippen molar-refractivity contribution in [3.05, 3.63) is 28.9 Å². The average Bonchev–Trinajstić information content (AvgIpc) is 2.27. The average molecular weight is 297 g/mol. The van der Waals surface area contributed by atoms with Crippen LogP contribution in [0.2, 0.25) is 0 Å². The SMILES string of the molecule is Nc1cnc2cc(Br)ccc2c1NNC(=O)O. The van der Waals surface area contributed by atoms with Gasteiger partial charge in [0.05, 0.1) is 23.1 Å². The number of amides is 1. The molecule has 0 bridgehead atoms. The molecule has 2 rings (SSSR count). The van der Waals surface area contributed by atoms with Crippen molar-refractivity contribution in [1.29, 1.82) is 0 Å². The Morgan fingerprint density at radius 3 is 2.94 bits per heavy atom. The predicted molar refractivity (Wildman–Crippen MR) is 68.6 cm³/mol. The van der Waals surface area contributed by atoms with Crippen molar-refractivity contribution in [1.82, 2.24) is 10.4 Å². The highest BCUT2D eigenvalue weighted by atomic mass is 79.9. The number of halogens is 1. The number of nitrogen functional groups attached to an aromatic ring is 1. The number of carbonyl (C=O) groups is 1. The van der Waals surface area contributed by atoms with Crippen molar-refractivity contribution in [3.63, 3.8) is 0 Å². The molecular formula is C10H9BrN4O2. The maximum atomic E-state index is 10.4. The molecule has 1 aromatic carbocycles. The van der Waals surface area contributed by atoms with Crippen molar-refractivity contribution >= 4 is 44.3 Å². The van der Waals surface area contributed by atoms with Gasteiger partial charge < -0.3 is 10.8 Å². The maximum Gasteiger partial charge on any atom is 0.423 e. The molecule has 0 fully saturated rings. The molecule has 0 atom stereocenters. The summed E-state index contributed by atoms with van der Waals surface area (Å²) in [6.07, 6.45) is 0.284. The molecule has 1 amide bonds. The lowest BCUT2D eigenvalue weighted by atomic mass is 10.2. The zero-order valence-corrected chi connectivity index (χ0v) is 10.2. The first-order valence-corrected chi connectivity index (χ1v) is 5.46. The second-order valence-corrected chi connectivity index (χ2v) is 4.22. The van der Waals surface area contributed by atoms with Crippen molar-refractivity contribution in [2.24, 2.45) is 0 Å². The minimum atomic E-state index is -1.19. The number of hydrazine groups is 1. The third-order valence-electron chi connectivity index (χ3n) is 2.15. The van der Waals surface area contributed by atoms with Gasteiger partial charge in [-0.15, -0.1) is 0 Å². The van der Waals surface area contributed by atoms with E-state index in [1.165, 1.54) is 6.20 Å². The van der Waals surface area contributed by atoms with Crippen LogP contribution in [0.25, 0.3) is 10.9 Å². The third kappa shape index (κ3) is 2.39. The molecule has 0 aliphatic carbocycles. The van der Waals surface area contributed by atoms with Gasteiger partial charge in [0.2, 0.25) is 0 Å². The Labute approximate surface area is 105 Å². The summed E-state index contributed by atoms with van der Waals surface area (Å²) in [5, 5.41) is 9.28. The summed E-state index contributed by atoms with van der Waals surface area (Å²) >= 11 is 3.34. The van der Waals surface area contributed by atoms with Gasteiger partial charge in [-0.05, 0) is 18.2 Å². The van der Waals surface area contributed by atoms with E-state index in [0.717, 1.165) is 9.86 Å². The molecule has 17 heavy (non-hydrogen) atoms. The molecule has 7 heteroatoms. The number of benzene rings is 1. The Morgan fingerprint density at radius 1 is 1.47 bits per heavy atom. The van der Waals surface area contributed by atoms with Crippen molar-refractivity contribution in [2.45, 2.75) is 0 Å². The third-order valence-corrected chi connectivity index (χ3v) is 2.65. The van der Waals surface area contributed by atoms with Crippen molar-refractivity contribution in [2.75, 3.05) is 11.2 Å². The summed E-state index contributed by atoms with van der Waals surface area (Å²) in [6, 6.07) is 5.45. The van der Waals surface area contributed by atoms with Gasteiger partial charge in [0.25, 0.3) is 0 Å². The molecule has 0 unspecified atom stereocenters. The number of carboxylic acid groups (broad SMARTS) is 1. The zero-order chi connectivity index (χ0) is 12.4. The summed E-state index contributed by atoms with van der Waals surface area (Å²) < 4.78 is 0.888. The number of nitrogens with two attached hydrogens (primary N) is 1. The number of nitrogens with one attached hydrogen (secondary N) is 2. The zero-order valence-electron chi connectivity index (χ0n) is 8.57. The molecule has 6 nitrogen and oxygen atoms in total. The van der Waals surface area contributed by atoms with Crippen LogP contribution in [-0.4, -0.2) is 16.2 Å². The summed E-state index contributed by atoms with van der Waals surface area (Å²) in [7, 11) is 0. The molecule has 1 aromatic heterocycles. The number of rotatable bonds is 2. The van der Waals surface area contributed by atoms with E-state index in [2.05, 4.69) is 31.8 Å². The van der Waals surface area contributed by atoms with E-state index >= 15 is 0 Å². The lowest BCUT2D eigenvalue weighted by Gasteiger charge is -2.11. The number of hydrogen-bond acceptors (Lipinski definition) is 4. The van der Waals surface area contributed by atoms with E-state index in [0.29, 0.717) is 16.9 Å². The molecule has 1 heterocycles. The van der Waals surface area contributed by atoms with Crippen LogP contribution in [0.4, 0.5) is 16.2 Å². The summed E-state index contributed by atoms with van der Waals surface area (Å²) in [6.45, 7) is 0. The normalized spacial score (nSPS) is 10.2. The van der Waals surface area contributed by atoms with E-state index in [1.807, 2.05) is 12.1 Å². The molecule has 88 valence electrons. The molecule has 0 radical (unpaired) electrons. The second kappa shape index (κ2) is 4.46. The number of hydrogen-bond donors (Lipinski definition) is 4. The second-order valence-electron chi connectivity index (χ2n) is 3.31. The maximum absolute atomic E-state index is 10.4. The molecule has 5 N–H and O–H groups in total. The number of nitrogens with zero attached hydrogens (tertiary/aromatic N) is 1. The fraction of sp³-hybridized carbons (Fsp3) is 0. The van der Waals surface area contributed by atoms with Crippen LogP contribution in [0, 0.1) is 0 Å². The van der Waals surface area contributed by atoms with Crippen molar-refractivity contribution in [3.8, 4) is 0 Å². The number of fused-ring (bicyclic) bond motifs is 1. The van der Waals surface area contributed by atoms with Gasteiger partial charge in [-0.25, -0.2) is 10.2 Å². The lowest BCUT2D eigenvalue weighted by Crippen LogP contribution is -2.28. The van der Waals surface area contributed by atoms with E-state index in [4.69, 9.17) is 10.8 Å². The van der Waals surface area contributed by atoms with Crippen LogP contribution in [0.3, 0.4) is 0 Å². The Bertz CT molecular complexity index is 588. The molecule has 0 aliphatic heterocycles. The van der Waals surface area contributed by atoms with Gasteiger partial charge in [-0.1, -0.05) is 15.9 Å². The van der Waals surface area contributed by atoms with Crippen LogP contribution >= 0.6 is 15.9 Å². The van der Waals surface area contributed by atoms with Gasteiger partial charge in [0.1, 0.15) is 0 Å². The first kappa shape index (κ1) is 11.5. The highest BCUT2D eigenvalue weighted by Crippen LogP contribution is 2.28. The van der Waals surface area contributed by atoms with E-state index in [1.54, 1.807) is 6.07 Å². The van der Waals surface area contributed by atoms with Crippen LogP contribution in [-0.2, 0) is 0 Å². The van der Waals surface area contributed by atoms with Crippen LogP contribution in [0.15, 0.2) is 28.9 Å². The van der Waals surface area contributed by atoms with Crippen LogP contribution in [0.1, 0.15) is 0 Å². The van der Waals surface area contributed by atoms with Gasteiger partial charge in [-0.2, -0.15) is 0 Å². The number of aromatic nitrogens is 1. The largest absolute Gasteiger partial charge is 0.464 e. The minimum absolute atomic E-state index is 0.369. The monoisotopic (exact) mass is 296 g/mol. The van der Waals surface area contributed by atoms with Gasteiger partial charge in [-0.3, -0.25) is 10.4 Å². The Balaban J connectivity index is 2.51.